The van der Waals surface area contributed by atoms with E-state index in [-0.39, 0.29) is 0 Å². The first-order valence-corrected chi connectivity index (χ1v) is 5.11. The highest BCUT2D eigenvalue weighted by atomic mass is 16.5. The second-order valence-corrected chi connectivity index (χ2v) is 3.66. The Balaban J connectivity index is 1.55. The van der Waals surface area contributed by atoms with Crippen LogP contribution in [0.4, 0.5) is 0 Å². The van der Waals surface area contributed by atoms with Gasteiger partial charge in [0.05, 0.1) is 12.7 Å². The second-order valence-electron chi connectivity index (χ2n) is 3.66. The molecule has 1 N–H and O–H groups in total. The third-order valence-electron chi connectivity index (χ3n) is 2.54. The zero-order valence-electron chi connectivity index (χ0n) is 8.24. The summed E-state index contributed by atoms with van der Waals surface area (Å²) < 4.78 is 10.4. The van der Waals surface area contributed by atoms with Crippen LogP contribution in [0.2, 0.25) is 0 Å². The van der Waals surface area contributed by atoms with Gasteiger partial charge < -0.3 is 14.5 Å². The van der Waals surface area contributed by atoms with Crippen molar-refractivity contribution >= 4 is 0 Å². The number of oxazole rings is 1. The molecule has 1 aliphatic heterocycles. The zero-order chi connectivity index (χ0) is 9.64. The van der Waals surface area contributed by atoms with Crippen LogP contribution < -0.4 is 5.32 Å². The summed E-state index contributed by atoms with van der Waals surface area (Å²) in [5, 5.41) is 3.33. The fraction of sp³-hybridized carbons (Fsp3) is 0.700. The fourth-order valence-corrected chi connectivity index (χ4v) is 1.66. The molecule has 14 heavy (non-hydrogen) atoms. The highest BCUT2D eigenvalue weighted by molar-refractivity contribution is 4.86. The lowest BCUT2D eigenvalue weighted by molar-refractivity contribution is 0.184. The van der Waals surface area contributed by atoms with E-state index in [1.165, 1.54) is 19.2 Å². The van der Waals surface area contributed by atoms with E-state index < -0.39 is 0 Å². The lowest BCUT2D eigenvalue weighted by Crippen LogP contribution is -2.17. The highest BCUT2D eigenvalue weighted by Gasteiger charge is 2.14. The van der Waals surface area contributed by atoms with E-state index in [2.05, 4.69) is 10.3 Å². The molecule has 78 valence electrons. The monoisotopic (exact) mass is 196 g/mol. The Morgan fingerprint density at radius 1 is 1.57 bits per heavy atom. The van der Waals surface area contributed by atoms with Crippen molar-refractivity contribution in [3.05, 3.63) is 18.4 Å². The number of nitrogens with zero attached hydrogens (tertiary/aromatic N) is 1. The molecule has 2 rings (SSSR count). The largest absolute Gasteiger partial charge is 0.447 e. The van der Waals surface area contributed by atoms with Gasteiger partial charge in [-0.3, -0.25) is 0 Å². The standard InChI is InChI=1S/C10H16N2O2/c1(9-2-4-13-7-9)3-11-5-10-6-12-8-14-10/h6,8-9,11H,1-5,7H2. The van der Waals surface area contributed by atoms with Crippen molar-refractivity contribution in [2.75, 3.05) is 19.8 Å². The zero-order valence-corrected chi connectivity index (χ0v) is 8.24. The van der Waals surface area contributed by atoms with Gasteiger partial charge in [-0.25, -0.2) is 4.98 Å². The Labute approximate surface area is 83.7 Å². The maximum Gasteiger partial charge on any atom is 0.180 e. The molecule has 0 aromatic carbocycles. The van der Waals surface area contributed by atoms with Crippen molar-refractivity contribution in [1.29, 1.82) is 0 Å². The van der Waals surface area contributed by atoms with Gasteiger partial charge in [-0.2, -0.15) is 0 Å². The molecule has 0 aliphatic carbocycles. The summed E-state index contributed by atoms with van der Waals surface area (Å²) >= 11 is 0. The summed E-state index contributed by atoms with van der Waals surface area (Å²) in [6, 6.07) is 0. The van der Waals surface area contributed by atoms with E-state index in [1.807, 2.05) is 0 Å². The predicted octanol–water partition coefficient (Wildman–Crippen LogP) is 1.19. The predicted molar refractivity (Wildman–Crippen MR) is 51.8 cm³/mol. The van der Waals surface area contributed by atoms with Crippen LogP contribution in [0.25, 0.3) is 0 Å². The highest BCUT2D eigenvalue weighted by Crippen LogP contribution is 2.15. The average Bonchev–Trinajstić information content (AvgIpc) is 2.86. The smallest absolute Gasteiger partial charge is 0.180 e. The first-order valence-electron chi connectivity index (χ1n) is 5.11. The van der Waals surface area contributed by atoms with Crippen molar-refractivity contribution in [3.8, 4) is 0 Å². The molecule has 1 aromatic heterocycles. The van der Waals surface area contributed by atoms with Gasteiger partial charge in [-0.1, -0.05) is 0 Å². The van der Waals surface area contributed by atoms with Gasteiger partial charge in [0.2, 0.25) is 0 Å². The molecule has 1 fully saturated rings. The fourth-order valence-electron chi connectivity index (χ4n) is 1.66. The van der Waals surface area contributed by atoms with Gasteiger partial charge in [0.15, 0.2) is 6.39 Å². The van der Waals surface area contributed by atoms with E-state index in [9.17, 15) is 0 Å². The minimum absolute atomic E-state index is 0.747. The molecule has 4 nitrogen and oxygen atoms in total. The number of aromatic nitrogens is 1. The van der Waals surface area contributed by atoms with Crippen LogP contribution in [0.3, 0.4) is 0 Å². The minimum Gasteiger partial charge on any atom is -0.447 e. The van der Waals surface area contributed by atoms with Crippen LogP contribution in [0.15, 0.2) is 17.0 Å². The second kappa shape index (κ2) is 5.12. The summed E-state index contributed by atoms with van der Waals surface area (Å²) in [6.07, 6.45) is 5.60. The van der Waals surface area contributed by atoms with Crippen LogP contribution in [0.1, 0.15) is 18.6 Å². The molecule has 2 heterocycles. The number of hydrogen-bond acceptors (Lipinski definition) is 4. The Morgan fingerprint density at radius 3 is 3.29 bits per heavy atom. The Kier molecular flexibility index (Phi) is 3.54. The summed E-state index contributed by atoms with van der Waals surface area (Å²) in [7, 11) is 0. The average molecular weight is 196 g/mol. The molecule has 1 unspecified atom stereocenters. The molecule has 1 saturated heterocycles. The van der Waals surface area contributed by atoms with Crippen molar-refractivity contribution < 1.29 is 9.15 Å². The van der Waals surface area contributed by atoms with E-state index >= 15 is 0 Å². The number of nitrogens with one attached hydrogen (secondary N) is 1. The minimum atomic E-state index is 0.747. The number of ether oxygens (including phenoxy) is 1. The van der Waals surface area contributed by atoms with Gasteiger partial charge in [0.25, 0.3) is 0 Å². The van der Waals surface area contributed by atoms with Crippen LogP contribution in [-0.2, 0) is 11.3 Å². The SMILES string of the molecule is c1ncc(CNCCC2CCOC2)o1. The molecular weight excluding hydrogens is 180 g/mol. The maximum atomic E-state index is 5.30. The molecule has 0 radical (unpaired) electrons. The van der Waals surface area contributed by atoms with Crippen molar-refractivity contribution in [2.24, 2.45) is 5.92 Å². The van der Waals surface area contributed by atoms with E-state index in [0.717, 1.165) is 38.0 Å². The van der Waals surface area contributed by atoms with Gasteiger partial charge >= 0.3 is 0 Å². The molecule has 0 spiro atoms. The third-order valence-corrected chi connectivity index (χ3v) is 2.54. The van der Waals surface area contributed by atoms with E-state index in [0.29, 0.717) is 0 Å². The van der Waals surface area contributed by atoms with Crippen LogP contribution in [0, 0.1) is 5.92 Å². The molecular formula is C10H16N2O2. The Bertz CT molecular complexity index is 243. The van der Waals surface area contributed by atoms with Crippen molar-refractivity contribution in [2.45, 2.75) is 19.4 Å². The topological polar surface area (TPSA) is 47.3 Å². The number of rotatable bonds is 5. The van der Waals surface area contributed by atoms with Crippen LogP contribution in [0.5, 0.6) is 0 Å². The Hall–Kier alpha value is -0.870. The lowest BCUT2D eigenvalue weighted by atomic mass is 10.1. The summed E-state index contributed by atoms with van der Waals surface area (Å²) in [5.74, 6) is 1.64. The molecule has 1 aromatic rings. The van der Waals surface area contributed by atoms with Gasteiger partial charge in [-0.15, -0.1) is 0 Å². The van der Waals surface area contributed by atoms with Gasteiger partial charge in [0.1, 0.15) is 5.76 Å². The first kappa shape index (κ1) is 9.68. The maximum absolute atomic E-state index is 5.30. The van der Waals surface area contributed by atoms with E-state index in [4.69, 9.17) is 9.15 Å². The summed E-state index contributed by atoms with van der Waals surface area (Å²) in [5.41, 5.74) is 0. The van der Waals surface area contributed by atoms with Crippen LogP contribution >= 0.6 is 0 Å². The summed E-state index contributed by atoms with van der Waals surface area (Å²) in [6.45, 7) is 3.67. The first-order chi connectivity index (χ1) is 6.95. The van der Waals surface area contributed by atoms with Crippen LogP contribution in [-0.4, -0.2) is 24.7 Å². The summed E-state index contributed by atoms with van der Waals surface area (Å²) in [4.78, 5) is 3.85. The quantitative estimate of drug-likeness (QED) is 0.719. The Morgan fingerprint density at radius 2 is 2.57 bits per heavy atom. The molecule has 4 heteroatoms. The molecule has 0 bridgehead atoms. The molecule has 1 atom stereocenters. The molecule has 0 saturated carbocycles. The lowest BCUT2D eigenvalue weighted by Gasteiger charge is -2.07. The number of hydrogen-bond donors (Lipinski definition) is 1. The van der Waals surface area contributed by atoms with Crippen molar-refractivity contribution in [1.82, 2.24) is 10.3 Å². The van der Waals surface area contributed by atoms with Crippen molar-refractivity contribution in [3.63, 3.8) is 0 Å². The normalized spacial score (nSPS) is 21.6. The third kappa shape index (κ3) is 2.82. The molecule has 1 aliphatic rings. The van der Waals surface area contributed by atoms with Gasteiger partial charge in [-0.05, 0) is 25.3 Å². The van der Waals surface area contributed by atoms with Gasteiger partial charge in [0, 0.05) is 13.2 Å². The molecule has 0 amide bonds. The van der Waals surface area contributed by atoms with E-state index in [1.54, 1.807) is 6.20 Å².